The zero-order valence-electron chi connectivity index (χ0n) is 18.8. The van der Waals surface area contributed by atoms with Crippen molar-refractivity contribution in [3.63, 3.8) is 0 Å². The Morgan fingerprint density at radius 2 is 1.76 bits per heavy atom. The highest BCUT2D eigenvalue weighted by Gasteiger charge is 2.34. The van der Waals surface area contributed by atoms with E-state index in [1.807, 2.05) is 40.1 Å². The lowest BCUT2D eigenvalue weighted by molar-refractivity contribution is -0.128. The summed E-state index contributed by atoms with van der Waals surface area (Å²) in [6.45, 7) is 4.24. The SMILES string of the molecule is COc1ccc(C2SCC(=O)N2CCN2CCN(C(=O)c3ccccc3Cl)CC2)cc1OC. The van der Waals surface area contributed by atoms with Crippen molar-refractivity contribution in [1.82, 2.24) is 14.7 Å². The van der Waals surface area contributed by atoms with Crippen molar-refractivity contribution in [2.45, 2.75) is 5.37 Å². The van der Waals surface area contributed by atoms with Crippen molar-refractivity contribution in [1.29, 1.82) is 0 Å². The van der Waals surface area contributed by atoms with E-state index in [1.165, 1.54) is 0 Å². The van der Waals surface area contributed by atoms with Crippen molar-refractivity contribution in [2.24, 2.45) is 0 Å². The maximum atomic E-state index is 12.8. The molecule has 1 atom stereocenters. The Bertz CT molecular complexity index is 1010. The van der Waals surface area contributed by atoms with E-state index in [0.717, 1.165) is 25.2 Å². The molecule has 0 N–H and O–H groups in total. The number of benzene rings is 2. The van der Waals surface area contributed by atoms with Gasteiger partial charge < -0.3 is 19.3 Å². The first-order chi connectivity index (χ1) is 16.0. The number of ether oxygens (including phenoxy) is 2. The van der Waals surface area contributed by atoms with Crippen LogP contribution in [0.2, 0.25) is 5.02 Å². The number of carbonyl (C=O) groups excluding carboxylic acids is 2. The largest absolute Gasteiger partial charge is 0.493 e. The van der Waals surface area contributed by atoms with E-state index in [9.17, 15) is 9.59 Å². The standard InChI is InChI=1S/C24H28ClN3O4S/c1-31-20-8-7-17(15-21(20)32-2)24-28(22(29)16-33-24)14-11-26-9-12-27(13-10-26)23(30)18-5-3-4-6-19(18)25/h3-8,15,24H,9-14,16H2,1-2H3. The number of methoxy groups -OCH3 is 2. The number of rotatable bonds is 7. The molecule has 0 spiro atoms. The summed E-state index contributed by atoms with van der Waals surface area (Å²) in [6.07, 6.45) is 0. The number of piperazine rings is 1. The average molecular weight is 490 g/mol. The van der Waals surface area contributed by atoms with E-state index in [2.05, 4.69) is 4.90 Å². The fourth-order valence-corrected chi connectivity index (χ4v) is 5.63. The van der Waals surface area contributed by atoms with Gasteiger partial charge in [0, 0.05) is 39.3 Å². The molecule has 2 aliphatic rings. The number of hydrogen-bond donors (Lipinski definition) is 0. The Hall–Kier alpha value is -2.42. The summed E-state index contributed by atoms with van der Waals surface area (Å²) in [6, 6.07) is 13.0. The van der Waals surface area contributed by atoms with Crippen molar-refractivity contribution < 1.29 is 19.1 Å². The van der Waals surface area contributed by atoms with E-state index in [0.29, 0.717) is 47.5 Å². The lowest BCUT2D eigenvalue weighted by Crippen LogP contribution is -2.50. The van der Waals surface area contributed by atoms with Crippen LogP contribution in [0.4, 0.5) is 0 Å². The number of hydrogen-bond acceptors (Lipinski definition) is 6. The molecule has 0 aliphatic carbocycles. The minimum absolute atomic E-state index is 0.0279. The Kier molecular flexibility index (Phi) is 7.67. The fraction of sp³-hybridized carbons (Fsp3) is 0.417. The summed E-state index contributed by atoms with van der Waals surface area (Å²) in [4.78, 5) is 31.5. The second kappa shape index (κ2) is 10.7. The molecule has 0 bridgehead atoms. The monoisotopic (exact) mass is 489 g/mol. The van der Waals surface area contributed by atoms with Gasteiger partial charge in [0.05, 0.1) is 30.6 Å². The van der Waals surface area contributed by atoms with Gasteiger partial charge in [-0.05, 0) is 29.8 Å². The third-order valence-corrected chi connectivity index (χ3v) is 7.67. The number of halogens is 1. The number of nitrogens with zero attached hydrogens (tertiary/aromatic N) is 3. The van der Waals surface area contributed by atoms with Gasteiger partial charge in [0.25, 0.3) is 5.91 Å². The van der Waals surface area contributed by atoms with Gasteiger partial charge >= 0.3 is 0 Å². The van der Waals surface area contributed by atoms with Crippen molar-refractivity contribution >= 4 is 35.2 Å². The fourth-order valence-electron chi connectivity index (χ4n) is 4.21. The van der Waals surface area contributed by atoms with E-state index >= 15 is 0 Å². The molecule has 9 heteroatoms. The first-order valence-electron chi connectivity index (χ1n) is 10.9. The van der Waals surface area contributed by atoms with Gasteiger partial charge in [0.2, 0.25) is 5.91 Å². The van der Waals surface area contributed by atoms with Crippen molar-refractivity contribution in [3.05, 3.63) is 58.6 Å². The number of carbonyl (C=O) groups is 2. The van der Waals surface area contributed by atoms with Gasteiger partial charge in [-0.1, -0.05) is 29.8 Å². The summed E-state index contributed by atoms with van der Waals surface area (Å²) in [5, 5.41) is 0.441. The van der Waals surface area contributed by atoms with Crippen molar-refractivity contribution in [2.75, 3.05) is 59.2 Å². The van der Waals surface area contributed by atoms with Crippen LogP contribution >= 0.6 is 23.4 Å². The molecule has 0 aromatic heterocycles. The van der Waals surface area contributed by atoms with Crippen LogP contribution < -0.4 is 9.47 Å². The lowest BCUT2D eigenvalue weighted by Gasteiger charge is -2.36. The van der Waals surface area contributed by atoms with E-state index in [-0.39, 0.29) is 17.2 Å². The van der Waals surface area contributed by atoms with Crippen LogP contribution in [0.5, 0.6) is 11.5 Å². The third-order valence-electron chi connectivity index (χ3n) is 6.08. The molecule has 7 nitrogen and oxygen atoms in total. The van der Waals surface area contributed by atoms with Gasteiger partial charge in [0.15, 0.2) is 11.5 Å². The Morgan fingerprint density at radius 1 is 1.03 bits per heavy atom. The van der Waals surface area contributed by atoms with E-state index < -0.39 is 0 Å². The third kappa shape index (κ3) is 5.23. The molecular formula is C24H28ClN3O4S. The predicted octanol–water partition coefficient (Wildman–Crippen LogP) is 3.39. The van der Waals surface area contributed by atoms with Gasteiger partial charge in [-0.3, -0.25) is 14.5 Å². The smallest absolute Gasteiger partial charge is 0.255 e. The molecule has 2 aromatic carbocycles. The highest BCUT2D eigenvalue weighted by Crippen LogP contribution is 2.41. The molecule has 2 heterocycles. The predicted molar refractivity (Wildman–Crippen MR) is 130 cm³/mol. The molecule has 2 saturated heterocycles. The molecule has 33 heavy (non-hydrogen) atoms. The molecule has 176 valence electrons. The first kappa shape index (κ1) is 23.7. The topological polar surface area (TPSA) is 62.3 Å². The van der Waals surface area contributed by atoms with E-state index in [4.69, 9.17) is 21.1 Å². The maximum absolute atomic E-state index is 12.8. The lowest BCUT2D eigenvalue weighted by atomic mass is 10.1. The molecule has 4 rings (SSSR count). The molecule has 1 unspecified atom stereocenters. The molecule has 2 aliphatic heterocycles. The minimum Gasteiger partial charge on any atom is -0.493 e. The minimum atomic E-state index is -0.0413. The highest BCUT2D eigenvalue weighted by molar-refractivity contribution is 8.00. The van der Waals surface area contributed by atoms with Crippen LogP contribution in [0.1, 0.15) is 21.3 Å². The molecular weight excluding hydrogens is 462 g/mol. The average Bonchev–Trinajstić information content (AvgIpc) is 3.22. The summed E-state index contributed by atoms with van der Waals surface area (Å²) >= 11 is 7.82. The Morgan fingerprint density at radius 3 is 2.45 bits per heavy atom. The van der Waals surface area contributed by atoms with Gasteiger partial charge in [-0.2, -0.15) is 0 Å². The van der Waals surface area contributed by atoms with Crippen LogP contribution in [-0.4, -0.2) is 85.8 Å². The van der Waals surface area contributed by atoms with Crippen LogP contribution in [-0.2, 0) is 4.79 Å². The summed E-state index contributed by atoms with van der Waals surface area (Å²) in [5.41, 5.74) is 1.57. The maximum Gasteiger partial charge on any atom is 0.255 e. The summed E-state index contributed by atoms with van der Waals surface area (Å²) in [5.74, 6) is 1.92. The van der Waals surface area contributed by atoms with E-state index in [1.54, 1.807) is 38.1 Å². The summed E-state index contributed by atoms with van der Waals surface area (Å²) in [7, 11) is 3.22. The van der Waals surface area contributed by atoms with Crippen LogP contribution in [0.15, 0.2) is 42.5 Å². The number of thioether (sulfide) groups is 1. The Balaban J connectivity index is 1.34. The van der Waals surface area contributed by atoms with Crippen LogP contribution in [0, 0.1) is 0 Å². The van der Waals surface area contributed by atoms with Crippen LogP contribution in [0.3, 0.4) is 0 Å². The number of amides is 2. The first-order valence-corrected chi connectivity index (χ1v) is 12.3. The zero-order valence-corrected chi connectivity index (χ0v) is 20.4. The van der Waals surface area contributed by atoms with Gasteiger partial charge in [-0.25, -0.2) is 0 Å². The molecule has 0 radical (unpaired) electrons. The second-order valence-corrected chi connectivity index (χ2v) is 9.45. The van der Waals surface area contributed by atoms with Gasteiger partial charge in [0.1, 0.15) is 5.37 Å². The summed E-state index contributed by atoms with van der Waals surface area (Å²) < 4.78 is 10.8. The van der Waals surface area contributed by atoms with Gasteiger partial charge in [-0.15, -0.1) is 11.8 Å². The zero-order chi connectivity index (χ0) is 23.4. The molecule has 2 fully saturated rings. The molecule has 2 aromatic rings. The quantitative estimate of drug-likeness (QED) is 0.594. The molecule has 0 saturated carbocycles. The van der Waals surface area contributed by atoms with Crippen LogP contribution in [0.25, 0.3) is 0 Å². The van der Waals surface area contributed by atoms with Crippen molar-refractivity contribution in [3.8, 4) is 11.5 Å². The normalized spacial score (nSPS) is 19.1. The second-order valence-electron chi connectivity index (χ2n) is 7.98. The molecule has 2 amide bonds. The Labute approximate surface area is 203 Å². The highest BCUT2D eigenvalue weighted by atomic mass is 35.5.